The van der Waals surface area contributed by atoms with E-state index in [2.05, 4.69) is 25.5 Å². The summed E-state index contributed by atoms with van der Waals surface area (Å²) in [6.45, 7) is 1.60. The smallest absolute Gasteiger partial charge is 0.258 e. The molecule has 1 saturated heterocycles. The zero-order valence-corrected chi connectivity index (χ0v) is 16.0. The van der Waals surface area contributed by atoms with E-state index in [-0.39, 0.29) is 23.9 Å². The van der Waals surface area contributed by atoms with Crippen molar-refractivity contribution in [1.82, 2.24) is 10.3 Å². The Hall–Kier alpha value is -3.26. The highest BCUT2D eigenvalue weighted by Crippen LogP contribution is 2.28. The number of rotatable bonds is 5. The van der Waals surface area contributed by atoms with Crippen molar-refractivity contribution in [3.8, 4) is 6.07 Å². The molecule has 0 atom stereocenters. The molecule has 1 fully saturated rings. The van der Waals surface area contributed by atoms with Crippen LogP contribution in [0.25, 0.3) is 0 Å². The van der Waals surface area contributed by atoms with E-state index in [4.69, 9.17) is 22.5 Å². The van der Waals surface area contributed by atoms with E-state index in [0.29, 0.717) is 11.3 Å². The average Bonchev–Trinajstić information content (AvgIpc) is 2.70. The van der Waals surface area contributed by atoms with Crippen molar-refractivity contribution in [2.75, 3.05) is 23.3 Å². The fourth-order valence-electron chi connectivity index (χ4n) is 3.22. The van der Waals surface area contributed by atoms with Crippen LogP contribution in [0.5, 0.6) is 0 Å². The summed E-state index contributed by atoms with van der Waals surface area (Å²) in [4.78, 5) is 23.5. The lowest BCUT2D eigenvalue weighted by Crippen LogP contribution is -2.41. The predicted octanol–water partition coefficient (Wildman–Crippen LogP) is -0.126. The van der Waals surface area contributed by atoms with Crippen LogP contribution in [0, 0.1) is 11.3 Å². The van der Waals surface area contributed by atoms with Gasteiger partial charge in [0.05, 0.1) is 41.8 Å². The SMILES string of the molecule is N#CCC1=CN/C(=C(\C(=O)Nc2cnccc2N2CCC(N)CC2)C(N)N)N=C1. The quantitative estimate of drug-likeness (QED) is 0.339. The summed E-state index contributed by atoms with van der Waals surface area (Å²) in [5, 5.41) is 14.5. The number of hydrogen-bond acceptors (Lipinski definition) is 9. The van der Waals surface area contributed by atoms with Crippen LogP contribution in [-0.4, -0.2) is 42.4 Å². The standard InChI is InChI=1S/C19H25N9O/c20-5-1-12-9-25-18(26-10-12)16(17(22)23)19(29)27-14-11-24-6-2-15(14)28-7-3-13(21)4-8-28/h2,6,9-11,13,17,25H,1,3-4,7-8,21-23H2,(H,27,29)/b18-16+. The Morgan fingerprint density at radius 2 is 2.17 bits per heavy atom. The van der Waals surface area contributed by atoms with Crippen LogP contribution < -0.4 is 32.7 Å². The molecular formula is C19H25N9O. The second-order valence-corrected chi connectivity index (χ2v) is 6.92. The maximum absolute atomic E-state index is 13.0. The third kappa shape index (κ3) is 4.97. The van der Waals surface area contributed by atoms with Gasteiger partial charge in [0.1, 0.15) is 5.82 Å². The molecule has 0 aliphatic carbocycles. The molecule has 29 heavy (non-hydrogen) atoms. The summed E-state index contributed by atoms with van der Waals surface area (Å²) in [7, 11) is 0. The Morgan fingerprint density at radius 1 is 1.41 bits per heavy atom. The summed E-state index contributed by atoms with van der Waals surface area (Å²) in [6, 6.07) is 4.09. The number of allylic oxidation sites excluding steroid dienone is 1. The maximum Gasteiger partial charge on any atom is 0.258 e. The van der Waals surface area contributed by atoms with Crippen molar-refractivity contribution in [2.45, 2.75) is 31.5 Å². The molecular weight excluding hydrogens is 370 g/mol. The first kappa shape index (κ1) is 20.5. The molecule has 0 spiro atoms. The minimum Gasteiger partial charge on any atom is -0.370 e. The molecule has 1 aromatic heterocycles. The van der Waals surface area contributed by atoms with Gasteiger partial charge < -0.3 is 32.7 Å². The van der Waals surface area contributed by atoms with Gasteiger partial charge in [-0.3, -0.25) is 9.78 Å². The monoisotopic (exact) mass is 395 g/mol. The predicted molar refractivity (Wildman–Crippen MR) is 111 cm³/mol. The second kappa shape index (κ2) is 9.29. The van der Waals surface area contributed by atoms with Crippen molar-refractivity contribution < 1.29 is 4.79 Å². The molecule has 3 rings (SSSR count). The molecule has 0 bridgehead atoms. The van der Waals surface area contributed by atoms with Gasteiger partial charge in [-0.2, -0.15) is 5.26 Å². The summed E-state index contributed by atoms with van der Waals surface area (Å²) in [6.07, 6.45) is 7.32. The molecule has 0 aromatic carbocycles. The van der Waals surface area contributed by atoms with Gasteiger partial charge in [-0.15, -0.1) is 0 Å². The highest BCUT2D eigenvalue weighted by atomic mass is 16.1. The molecule has 0 unspecified atom stereocenters. The van der Waals surface area contributed by atoms with Crippen molar-refractivity contribution in [2.24, 2.45) is 22.2 Å². The lowest BCUT2D eigenvalue weighted by Gasteiger charge is -2.33. The summed E-state index contributed by atoms with van der Waals surface area (Å²) < 4.78 is 0. The van der Waals surface area contributed by atoms with Crippen LogP contribution in [0.1, 0.15) is 19.3 Å². The van der Waals surface area contributed by atoms with Crippen molar-refractivity contribution in [1.29, 1.82) is 5.26 Å². The highest BCUT2D eigenvalue weighted by molar-refractivity contribution is 6.06. The minimum atomic E-state index is -1.05. The third-order valence-corrected chi connectivity index (χ3v) is 4.80. The summed E-state index contributed by atoms with van der Waals surface area (Å²) >= 11 is 0. The fourth-order valence-corrected chi connectivity index (χ4v) is 3.22. The highest BCUT2D eigenvalue weighted by Gasteiger charge is 2.24. The summed E-state index contributed by atoms with van der Waals surface area (Å²) in [5.41, 5.74) is 19.9. The van der Waals surface area contributed by atoms with Gasteiger partial charge in [-0.05, 0) is 18.9 Å². The lowest BCUT2D eigenvalue weighted by molar-refractivity contribution is -0.113. The average molecular weight is 395 g/mol. The van der Waals surface area contributed by atoms with E-state index in [9.17, 15) is 4.79 Å². The van der Waals surface area contributed by atoms with Crippen molar-refractivity contribution in [3.63, 3.8) is 0 Å². The van der Waals surface area contributed by atoms with Crippen LogP contribution in [0.3, 0.4) is 0 Å². The zero-order valence-electron chi connectivity index (χ0n) is 16.0. The van der Waals surface area contributed by atoms with E-state index in [0.717, 1.165) is 31.6 Å². The first-order valence-electron chi connectivity index (χ1n) is 9.37. The molecule has 1 aromatic rings. The third-order valence-electron chi connectivity index (χ3n) is 4.80. The van der Waals surface area contributed by atoms with Crippen molar-refractivity contribution in [3.05, 3.63) is 41.6 Å². The van der Waals surface area contributed by atoms with Crippen LogP contribution in [0.15, 0.2) is 46.6 Å². The number of nitrogens with one attached hydrogen (secondary N) is 2. The Bertz CT molecular complexity index is 889. The van der Waals surface area contributed by atoms with Gasteiger partial charge in [-0.1, -0.05) is 0 Å². The van der Waals surface area contributed by atoms with E-state index in [1.807, 2.05) is 12.1 Å². The topological polar surface area (TPSA) is 171 Å². The number of carbonyl (C=O) groups excluding carboxylic acids is 1. The largest absolute Gasteiger partial charge is 0.370 e. The van der Waals surface area contributed by atoms with Gasteiger partial charge in [0.25, 0.3) is 5.91 Å². The van der Waals surface area contributed by atoms with Gasteiger partial charge in [0.15, 0.2) is 0 Å². The molecule has 152 valence electrons. The number of nitrogens with zero attached hydrogens (tertiary/aromatic N) is 4. The zero-order chi connectivity index (χ0) is 20.8. The Kier molecular flexibility index (Phi) is 6.56. The number of piperidine rings is 1. The van der Waals surface area contributed by atoms with E-state index in [1.165, 1.54) is 6.21 Å². The minimum absolute atomic E-state index is 0.101. The molecule has 0 radical (unpaired) electrons. The Morgan fingerprint density at radius 3 is 2.79 bits per heavy atom. The maximum atomic E-state index is 13.0. The van der Waals surface area contributed by atoms with E-state index >= 15 is 0 Å². The molecule has 0 saturated carbocycles. The van der Waals surface area contributed by atoms with E-state index in [1.54, 1.807) is 18.6 Å². The lowest BCUT2D eigenvalue weighted by atomic mass is 10.1. The first-order valence-corrected chi connectivity index (χ1v) is 9.37. The van der Waals surface area contributed by atoms with Crippen LogP contribution >= 0.6 is 0 Å². The molecule has 8 N–H and O–H groups in total. The van der Waals surface area contributed by atoms with Crippen LogP contribution in [-0.2, 0) is 4.79 Å². The number of anilines is 2. The van der Waals surface area contributed by atoms with Gasteiger partial charge in [0.2, 0.25) is 0 Å². The molecule has 10 nitrogen and oxygen atoms in total. The number of pyridine rings is 1. The normalized spacial score (nSPS) is 18.7. The number of amides is 1. The number of hydrogen-bond donors (Lipinski definition) is 5. The molecule has 2 aliphatic rings. The number of aromatic nitrogens is 1. The Labute approximate surface area is 169 Å². The molecule has 10 heteroatoms. The summed E-state index contributed by atoms with van der Waals surface area (Å²) in [5.74, 6) is -0.228. The van der Waals surface area contributed by atoms with Crippen LogP contribution in [0.2, 0.25) is 0 Å². The number of nitriles is 1. The number of carbonyl (C=O) groups is 1. The molecule has 1 amide bonds. The van der Waals surface area contributed by atoms with Crippen LogP contribution in [0.4, 0.5) is 11.4 Å². The number of aliphatic imine (C=N–C) groups is 1. The molecule has 2 aliphatic heterocycles. The second-order valence-electron chi connectivity index (χ2n) is 6.92. The first-order chi connectivity index (χ1) is 14.0. The van der Waals surface area contributed by atoms with Gasteiger partial charge in [0, 0.05) is 43.3 Å². The fraction of sp³-hybridized carbons (Fsp3) is 0.368. The Balaban J connectivity index is 1.81. The van der Waals surface area contributed by atoms with Gasteiger partial charge >= 0.3 is 0 Å². The molecule has 3 heterocycles. The van der Waals surface area contributed by atoms with E-state index < -0.39 is 12.1 Å². The van der Waals surface area contributed by atoms with Crippen molar-refractivity contribution >= 4 is 23.5 Å². The number of nitrogens with two attached hydrogens (primary N) is 3. The van der Waals surface area contributed by atoms with Gasteiger partial charge in [-0.25, -0.2) is 4.99 Å².